The van der Waals surface area contributed by atoms with Gasteiger partial charge in [0.15, 0.2) is 0 Å². The molecule has 0 bridgehead atoms. The summed E-state index contributed by atoms with van der Waals surface area (Å²) in [5.41, 5.74) is -0.510. The molecule has 0 amide bonds. The number of hydrogen-bond acceptors (Lipinski definition) is 4. The zero-order chi connectivity index (χ0) is 11.4. The second-order valence-corrected chi connectivity index (χ2v) is 2.71. The van der Waals surface area contributed by atoms with E-state index in [2.05, 4.69) is 4.74 Å². The predicted octanol–water partition coefficient (Wildman–Crippen LogP) is 0.976. The first-order chi connectivity index (χ1) is 7.15. The summed E-state index contributed by atoms with van der Waals surface area (Å²) in [6.07, 6.45) is 0. The molecule has 15 heavy (non-hydrogen) atoms. The molecule has 0 spiro atoms. The van der Waals surface area contributed by atoms with Gasteiger partial charge in [0.1, 0.15) is 11.9 Å². The van der Waals surface area contributed by atoms with Crippen molar-refractivity contribution in [2.45, 2.75) is 6.61 Å². The van der Waals surface area contributed by atoms with E-state index in [9.17, 15) is 9.18 Å². The van der Waals surface area contributed by atoms with E-state index >= 15 is 0 Å². The Balaban J connectivity index is 3.39. The van der Waals surface area contributed by atoms with Crippen LogP contribution in [0.25, 0.3) is 0 Å². The van der Waals surface area contributed by atoms with Crippen LogP contribution in [-0.2, 0) is 11.3 Å². The Hall–Kier alpha value is -1.93. The number of nitrogens with zero attached hydrogens (tertiary/aromatic N) is 1. The largest absolute Gasteiger partial charge is 0.465 e. The average Bonchev–Trinajstić information content (AvgIpc) is 2.27. The molecule has 0 aliphatic heterocycles. The van der Waals surface area contributed by atoms with Crippen molar-refractivity contribution >= 4 is 5.97 Å². The van der Waals surface area contributed by atoms with Gasteiger partial charge < -0.3 is 9.84 Å². The number of hydrogen-bond donors (Lipinski definition) is 1. The van der Waals surface area contributed by atoms with Crippen LogP contribution in [0.2, 0.25) is 0 Å². The molecular weight excluding hydrogens is 201 g/mol. The maximum Gasteiger partial charge on any atom is 0.338 e. The van der Waals surface area contributed by atoms with Crippen molar-refractivity contribution in [2.75, 3.05) is 7.11 Å². The topological polar surface area (TPSA) is 70.3 Å². The van der Waals surface area contributed by atoms with E-state index in [1.54, 1.807) is 6.07 Å². The molecule has 0 aliphatic rings. The smallest absolute Gasteiger partial charge is 0.338 e. The van der Waals surface area contributed by atoms with Gasteiger partial charge >= 0.3 is 5.97 Å². The number of aliphatic hydroxyl groups excluding tert-OH is 1. The lowest BCUT2D eigenvalue weighted by Crippen LogP contribution is -2.08. The fraction of sp³-hybridized carbons (Fsp3) is 0.200. The average molecular weight is 209 g/mol. The molecule has 0 radical (unpaired) electrons. The minimum Gasteiger partial charge on any atom is -0.465 e. The van der Waals surface area contributed by atoms with Crippen molar-refractivity contribution in [3.8, 4) is 6.07 Å². The van der Waals surface area contributed by atoms with E-state index < -0.39 is 18.4 Å². The Kier molecular flexibility index (Phi) is 3.37. The van der Waals surface area contributed by atoms with Gasteiger partial charge in [-0.3, -0.25) is 0 Å². The highest BCUT2D eigenvalue weighted by atomic mass is 19.1. The summed E-state index contributed by atoms with van der Waals surface area (Å²) in [6.45, 7) is -0.661. The highest BCUT2D eigenvalue weighted by Crippen LogP contribution is 2.18. The molecule has 0 aliphatic carbocycles. The van der Waals surface area contributed by atoms with Crippen molar-refractivity contribution in [3.63, 3.8) is 0 Å². The molecule has 0 heterocycles. The van der Waals surface area contributed by atoms with Gasteiger partial charge in [-0.15, -0.1) is 0 Å². The van der Waals surface area contributed by atoms with Gasteiger partial charge in [0, 0.05) is 5.56 Å². The standard InChI is InChI=1S/C10H8FNO3/c1-15-10(14)7-3-2-6(4-12)9(11)8(7)5-13/h2-3,13H,5H2,1H3. The summed E-state index contributed by atoms with van der Waals surface area (Å²) < 4.78 is 17.8. The van der Waals surface area contributed by atoms with Gasteiger partial charge in [0.2, 0.25) is 0 Å². The highest BCUT2D eigenvalue weighted by Gasteiger charge is 2.17. The van der Waals surface area contributed by atoms with E-state index in [0.717, 1.165) is 7.11 Å². The van der Waals surface area contributed by atoms with Crippen LogP contribution in [0.3, 0.4) is 0 Å². The summed E-state index contributed by atoms with van der Waals surface area (Å²) in [5, 5.41) is 17.4. The molecule has 5 heteroatoms. The van der Waals surface area contributed by atoms with Crippen molar-refractivity contribution < 1.29 is 19.0 Å². The predicted molar refractivity (Wildman–Crippen MR) is 48.4 cm³/mol. The third kappa shape index (κ3) is 1.95. The van der Waals surface area contributed by atoms with Gasteiger partial charge in [0.05, 0.1) is 24.8 Å². The minimum atomic E-state index is -0.886. The molecule has 0 saturated heterocycles. The number of esters is 1. The zero-order valence-electron chi connectivity index (χ0n) is 7.95. The second-order valence-electron chi connectivity index (χ2n) is 2.71. The number of benzene rings is 1. The lowest BCUT2D eigenvalue weighted by Gasteiger charge is -2.07. The number of halogens is 1. The van der Waals surface area contributed by atoms with Crippen LogP contribution in [0, 0.1) is 17.1 Å². The molecule has 0 unspecified atom stereocenters. The Morgan fingerprint density at radius 1 is 1.67 bits per heavy atom. The molecule has 0 aromatic heterocycles. The Morgan fingerprint density at radius 2 is 2.33 bits per heavy atom. The fourth-order valence-corrected chi connectivity index (χ4v) is 1.16. The summed E-state index contributed by atoms with van der Waals surface area (Å²) in [4.78, 5) is 11.2. The first-order valence-corrected chi connectivity index (χ1v) is 4.06. The molecule has 1 aromatic rings. The third-order valence-electron chi connectivity index (χ3n) is 1.93. The number of aliphatic hydroxyl groups is 1. The molecule has 4 nitrogen and oxygen atoms in total. The lowest BCUT2D eigenvalue weighted by molar-refractivity contribution is 0.0596. The molecule has 0 fully saturated rings. The number of carbonyl (C=O) groups is 1. The number of methoxy groups -OCH3 is 1. The summed E-state index contributed by atoms with van der Waals surface area (Å²) in [5.74, 6) is -1.63. The number of carbonyl (C=O) groups excluding carboxylic acids is 1. The molecule has 1 N–H and O–H groups in total. The monoisotopic (exact) mass is 209 g/mol. The van der Waals surface area contributed by atoms with Crippen molar-refractivity contribution in [2.24, 2.45) is 0 Å². The van der Waals surface area contributed by atoms with Gasteiger partial charge in [0.25, 0.3) is 0 Å². The van der Waals surface area contributed by atoms with E-state index in [0.29, 0.717) is 0 Å². The first-order valence-electron chi connectivity index (χ1n) is 4.06. The maximum absolute atomic E-state index is 13.4. The molecular formula is C10H8FNO3. The van der Waals surface area contributed by atoms with E-state index in [1.165, 1.54) is 12.1 Å². The summed E-state index contributed by atoms with van der Waals surface area (Å²) in [6, 6.07) is 4.03. The van der Waals surface area contributed by atoms with E-state index in [4.69, 9.17) is 10.4 Å². The normalized spacial score (nSPS) is 9.47. The minimum absolute atomic E-state index is 0.0727. The van der Waals surface area contributed by atoms with Crippen molar-refractivity contribution in [1.29, 1.82) is 5.26 Å². The summed E-state index contributed by atoms with van der Waals surface area (Å²) >= 11 is 0. The fourth-order valence-electron chi connectivity index (χ4n) is 1.16. The number of nitriles is 1. The zero-order valence-corrected chi connectivity index (χ0v) is 7.95. The molecule has 78 valence electrons. The van der Waals surface area contributed by atoms with Gasteiger partial charge in [-0.25, -0.2) is 9.18 Å². The first kappa shape index (κ1) is 11.1. The van der Waals surface area contributed by atoms with Crippen LogP contribution in [0.1, 0.15) is 21.5 Å². The molecule has 0 atom stereocenters. The Bertz CT molecular complexity index is 437. The number of rotatable bonds is 2. The van der Waals surface area contributed by atoms with Crippen LogP contribution < -0.4 is 0 Å². The quantitative estimate of drug-likeness (QED) is 0.737. The van der Waals surface area contributed by atoms with Crippen LogP contribution in [0.5, 0.6) is 0 Å². The van der Waals surface area contributed by atoms with E-state index in [-0.39, 0.29) is 16.7 Å². The van der Waals surface area contributed by atoms with Crippen molar-refractivity contribution in [1.82, 2.24) is 0 Å². The summed E-state index contributed by atoms with van der Waals surface area (Å²) in [7, 11) is 1.15. The van der Waals surface area contributed by atoms with Crippen LogP contribution in [-0.4, -0.2) is 18.2 Å². The maximum atomic E-state index is 13.4. The third-order valence-corrected chi connectivity index (χ3v) is 1.93. The molecule has 1 rings (SSSR count). The molecule has 1 aromatic carbocycles. The van der Waals surface area contributed by atoms with E-state index in [1.807, 2.05) is 0 Å². The molecule has 0 saturated carbocycles. The van der Waals surface area contributed by atoms with Crippen LogP contribution in [0.4, 0.5) is 4.39 Å². The highest BCUT2D eigenvalue weighted by molar-refractivity contribution is 5.91. The Morgan fingerprint density at radius 3 is 2.80 bits per heavy atom. The number of ether oxygens (including phenoxy) is 1. The van der Waals surface area contributed by atoms with Crippen molar-refractivity contribution in [3.05, 3.63) is 34.6 Å². The second kappa shape index (κ2) is 4.53. The van der Waals surface area contributed by atoms with Gasteiger partial charge in [-0.05, 0) is 12.1 Å². The lowest BCUT2D eigenvalue weighted by atomic mass is 10.0. The van der Waals surface area contributed by atoms with Gasteiger partial charge in [-0.1, -0.05) is 0 Å². The van der Waals surface area contributed by atoms with Crippen LogP contribution in [0.15, 0.2) is 12.1 Å². The van der Waals surface area contributed by atoms with Gasteiger partial charge in [-0.2, -0.15) is 5.26 Å². The Labute approximate surface area is 85.5 Å². The SMILES string of the molecule is COC(=O)c1ccc(C#N)c(F)c1CO. The van der Waals surface area contributed by atoms with Crippen LogP contribution >= 0.6 is 0 Å².